The molecule has 0 aromatic carbocycles. The van der Waals surface area contributed by atoms with E-state index in [9.17, 15) is 14.4 Å². The van der Waals surface area contributed by atoms with Crippen LogP contribution in [0.1, 0.15) is 6.42 Å². The Balaban J connectivity index is 2.21. The maximum atomic E-state index is 11.2. The number of β-lactam (4-membered cyclic amide) rings is 1. The van der Waals surface area contributed by atoms with Gasteiger partial charge in [-0.25, -0.2) is 4.79 Å². The lowest BCUT2D eigenvalue weighted by molar-refractivity contribution is -0.159. The minimum absolute atomic E-state index is 0.135. The second-order valence-electron chi connectivity index (χ2n) is 2.82. The molecule has 0 N–H and O–H groups in total. The van der Waals surface area contributed by atoms with Gasteiger partial charge >= 0.3 is 5.97 Å². The molecule has 0 aromatic rings. The number of esters is 1. The number of thioether (sulfide) groups is 1. The van der Waals surface area contributed by atoms with Gasteiger partial charge in [-0.1, -0.05) is 11.8 Å². The van der Waals surface area contributed by atoms with Crippen LogP contribution in [0.4, 0.5) is 0 Å². The fourth-order valence-corrected chi connectivity index (χ4v) is 2.63. The Morgan fingerprint density at radius 3 is 2.85 bits per heavy atom. The second kappa shape index (κ2) is 2.73. The summed E-state index contributed by atoms with van der Waals surface area (Å²) in [6.07, 6.45) is 0.351. The van der Waals surface area contributed by atoms with E-state index in [0.717, 1.165) is 11.8 Å². The van der Waals surface area contributed by atoms with Gasteiger partial charge in [0.25, 0.3) is 0 Å². The van der Waals surface area contributed by atoms with E-state index in [0.29, 0.717) is 6.42 Å². The summed E-state index contributed by atoms with van der Waals surface area (Å²) in [6.45, 7) is 0. The molecule has 0 radical (unpaired) electrons. The Kier molecular flexibility index (Phi) is 1.80. The van der Waals surface area contributed by atoms with Crippen molar-refractivity contribution in [1.82, 2.24) is 4.90 Å². The van der Waals surface area contributed by atoms with Crippen molar-refractivity contribution >= 4 is 28.8 Å². The molecule has 2 rings (SSSR count). The van der Waals surface area contributed by atoms with Crippen molar-refractivity contribution in [2.45, 2.75) is 17.8 Å². The molecule has 2 atom stereocenters. The molecule has 2 aliphatic heterocycles. The maximum Gasteiger partial charge on any atom is 0.337 e. The highest BCUT2D eigenvalue weighted by Crippen LogP contribution is 2.40. The lowest BCUT2D eigenvalue weighted by Gasteiger charge is -2.34. The first-order chi connectivity index (χ1) is 6.15. The molecule has 13 heavy (non-hydrogen) atoms. The van der Waals surface area contributed by atoms with Gasteiger partial charge in [-0.3, -0.25) is 9.59 Å². The molecule has 0 spiro atoms. The predicted molar refractivity (Wildman–Crippen MR) is 43.7 cm³/mol. The number of amides is 1. The molecule has 0 bridgehead atoms. The first kappa shape index (κ1) is 8.55. The van der Waals surface area contributed by atoms with Crippen LogP contribution in [0.5, 0.6) is 0 Å². The average molecular weight is 201 g/mol. The summed E-state index contributed by atoms with van der Waals surface area (Å²) in [4.78, 5) is 34.7. The zero-order chi connectivity index (χ0) is 9.59. The van der Waals surface area contributed by atoms with Crippen LogP contribution < -0.4 is 0 Å². The summed E-state index contributed by atoms with van der Waals surface area (Å²) in [5, 5.41) is -0.424. The maximum absolute atomic E-state index is 11.2. The van der Waals surface area contributed by atoms with E-state index >= 15 is 0 Å². The zero-order valence-electron chi connectivity index (χ0n) is 6.85. The highest BCUT2D eigenvalue weighted by Gasteiger charge is 2.55. The van der Waals surface area contributed by atoms with Crippen molar-refractivity contribution in [2.24, 2.45) is 0 Å². The molecule has 0 unspecified atom stereocenters. The Hall–Kier alpha value is -1.04. The van der Waals surface area contributed by atoms with Gasteiger partial charge in [-0.05, 0) is 0 Å². The molecular weight excluding hydrogens is 194 g/mol. The largest absolute Gasteiger partial charge is 0.467 e. The standard InChI is InChI=1S/C7H7NO4S/c1-12-6(10)5-7(11)13-4-2-3(9)8(4)5/h4-5H,2H2,1H3/t4-,5+/m1/s1. The third-order valence-electron chi connectivity index (χ3n) is 2.13. The van der Waals surface area contributed by atoms with Crippen LogP contribution in [-0.4, -0.2) is 40.4 Å². The fourth-order valence-electron chi connectivity index (χ4n) is 1.44. The van der Waals surface area contributed by atoms with E-state index in [1.54, 1.807) is 0 Å². The summed E-state index contributed by atoms with van der Waals surface area (Å²) >= 11 is 1.04. The average Bonchev–Trinajstić information content (AvgIpc) is 2.36. The van der Waals surface area contributed by atoms with Crippen LogP contribution in [0, 0.1) is 0 Å². The molecule has 5 nitrogen and oxygen atoms in total. The van der Waals surface area contributed by atoms with Gasteiger partial charge in [0.15, 0.2) is 6.04 Å². The van der Waals surface area contributed by atoms with Crippen molar-refractivity contribution in [3.63, 3.8) is 0 Å². The van der Waals surface area contributed by atoms with Gasteiger partial charge in [0.2, 0.25) is 11.0 Å². The molecular formula is C7H7NO4S. The molecule has 0 aromatic heterocycles. The van der Waals surface area contributed by atoms with Crippen molar-refractivity contribution in [2.75, 3.05) is 7.11 Å². The minimum atomic E-state index is -0.999. The number of carbonyl (C=O) groups is 3. The topological polar surface area (TPSA) is 63.7 Å². The Morgan fingerprint density at radius 1 is 1.62 bits per heavy atom. The lowest BCUT2D eigenvalue weighted by atomic mass is 10.1. The molecule has 0 aliphatic carbocycles. The third kappa shape index (κ3) is 1.05. The second-order valence-corrected chi connectivity index (χ2v) is 4.00. The normalized spacial score (nSPS) is 31.3. The summed E-state index contributed by atoms with van der Waals surface area (Å²) < 4.78 is 4.44. The van der Waals surface area contributed by atoms with E-state index in [2.05, 4.69) is 4.74 Å². The summed E-state index contributed by atoms with van der Waals surface area (Å²) in [6, 6.07) is -0.999. The van der Waals surface area contributed by atoms with E-state index in [4.69, 9.17) is 0 Å². The van der Waals surface area contributed by atoms with Gasteiger partial charge in [0.1, 0.15) is 0 Å². The third-order valence-corrected chi connectivity index (χ3v) is 3.25. The number of carbonyl (C=O) groups excluding carboxylic acids is 3. The molecule has 6 heteroatoms. The number of ether oxygens (including phenoxy) is 1. The first-order valence-corrected chi connectivity index (χ1v) is 4.62. The Bertz CT molecular complexity index is 295. The number of hydrogen-bond donors (Lipinski definition) is 0. The Morgan fingerprint density at radius 2 is 2.31 bits per heavy atom. The highest BCUT2D eigenvalue weighted by atomic mass is 32.2. The van der Waals surface area contributed by atoms with Gasteiger partial charge in [-0.2, -0.15) is 0 Å². The first-order valence-electron chi connectivity index (χ1n) is 3.74. The van der Waals surface area contributed by atoms with E-state index in [-0.39, 0.29) is 16.4 Å². The number of hydrogen-bond acceptors (Lipinski definition) is 5. The Labute approximate surface area is 78.4 Å². The molecule has 2 heterocycles. The highest BCUT2D eigenvalue weighted by molar-refractivity contribution is 8.14. The summed E-state index contributed by atoms with van der Waals surface area (Å²) in [5.41, 5.74) is 0. The molecule has 2 aliphatic rings. The van der Waals surface area contributed by atoms with Gasteiger partial charge in [0, 0.05) is 0 Å². The zero-order valence-corrected chi connectivity index (χ0v) is 7.67. The van der Waals surface area contributed by atoms with E-state index < -0.39 is 12.0 Å². The lowest BCUT2D eigenvalue weighted by Crippen LogP contribution is -2.55. The fraction of sp³-hybridized carbons (Fsp3) is 0.571. The number of rotatable bonds is 1. The number of fused-ring (bicyclic) bond motifs is 1. The van der Waals surface area contributed by atoms with Crippen molar-refractivity contribution < 1.29 is 19.1 Å². The summed E-state index contributed by atoms with van der Waals surface area (Å²) in [5.74, 6) is -0.799. The SMILES string of the molecule is COC(=O)[C@H]1C(=O)S[C@@H]2CC(=O)N12. The van der Waals surface area contributed by atoms with Crippen LogP contribution in [0.3, 0.4) is 0 Å². The van der Waals surface area contributed by atoms with Crippen molar-refractivity contribution in [1.29, 1.82) is 0 Å². The molecule has 0 saturated carbocycles. The smallest absolute Gasteiger partial charge is 0.337 e. The molecule has 2 saturated heterocycles. The van der Waals surface area contributed by atoms with Crippen LogP contribution in [-0.2, 0) is 19.1 Å². The quantitative estimate of drug-likeness (QED) is 0.321. The van der Waals surface area contributed by atoms with Crippen LogP contribution in [0.25, 0.3) is 0 Å². The van der Waals surface area contributed by atoms with Gasteiger partial charge in [0.05, 0.1) is 18.9 Å². The minimum Gasteiger partial charge on any atom is -0.467 e. The number of nitrogens with zero attached hydrogens (tertiary/aromatic N) is 1. The van der Waals surface area contributed by atoms with Gasteiger partial charge < -0.3 is 9.64 Å². The van der Waals surface area contributed by atoms with Crippen LogP contribution in [0.15, 0.2) is 0 Å². The van der Waals surface area contributed by atoms with E-state index in [1.807, 2.05) is 0 Å². The molecule has 1 amide bonds. The number of methoxy groups -OCH3 is 1. The van der Waals surface area contributed by atoms with Crippen LogP contribution >= 0.6 is 11.8 Å². The molecule has 70 valence electrons. The van der Waals surface area contributed by atoms with Crippen molar-refractivity contribution in [3.8, 4) is 0 Å². The van der Waals surface area contributed by atoms with Crippen LogP contribution in [0.2, 0.25) is 0 Å². The van der Waals surface area contributed by atoms with Crippen molar-refractivity contribution in [3.05, 3.63) is 0 Å². The monoisotopic (exact) mass is 201 g/mol. The van der Waals surface area contributed by atoms with E-state index in [1.165, 1.54) is 12.0 Å². The predicted octanol–water partition coefficient (Wildman–Crippen LogP) is -0.640. The summed E-state index contributed by atoms with van der Waals surface area (Å²) in [7, 11) is 1.21. The van der Waals surface area contributed by atoms with Gasteiger partial charge in [-0.15, -0.1) is 0 Å². The molecule has 2 fully saturated rings.